The molecular formula is C18H17Cl2NO2. The minimum Gasteiger partial charge on any atom is -0.484 e. The number of ether oxygens (including phenoxy) is 1. The van der Waals surface area contributed by atoms with Crippen LogP contribution in [0.25, 0.3) is 0 Å². The minimum atomic E-state index is -0.141. The maximum atomic E-state index is 12.2. The van der Waals surface area contributed by atoms with Crippen molar-refractivity contribution >= 4 is 29.1 Å². The van der Waals surface area contributed by atoms with Gasteiger partial charge in [0.1, 0.15) is 5.75 Å². The number of carbonyl (C=O) groups excluding carboxylic acids is 1. The lowest BCUT2D eigenvalue weighted by molar-refractivity contribution is -0.123. The number of amides is 1. The van der Waals surface area contributed by atoms with E-state index in [1.165, 1.54) is 11.1 Å². The lowest BCUT2D eigenvalue weighted by atomic mass is 9.88. The summed E-state index contributed by atoms with van der Waals surface area (Å²) in [7, 11) is 0. The molecule has 0 saturated carbocycles. The SMILES string of the molecule is O=C(COc1ccc(Cl)c(Cl)c1)N[C@H]1CCCc2ccccc21. The van der Waals surface area contributed by atoms with Gasteiger partial charge in [-0.2, -0.15) is 0 Å². The first-order valence-electron chi connectivity index (χ1n) is 7.58. The average Bonchev–Trinajstić information content (AvgIpc) is 2.56. The first kappa shape index (κ1) is 16.2. The monoisotopic (exact) mass is 349 g/mol. The van der Waals surface area contributed by atoms with Gasteiger partial charge in [0.2, 0.25) is 0 Å². The molecule has 1 atom stereocenters. The van der Waals surface area contributed by atoms with Crippen LogP contribution in [0.2, 0.25) is 10.0 Å². The lowest BCUT2D eigenvalue weighted by Gasteiger charge is -2.26. The number of hydrogen-bond acceptors (Lipinski definition) is 2. The van der Waals surface area contributed by atoms with E-state index in [1.807, 2.05) is 12.1 Å². The van der Waals surface area contributed by atoms with Gasteiger partial charge in [0.05, 0.1) is 16.1 Å². The fourth-order valence-electron chi connectivity index (χ4n) is 2.86. The zero-order valence-corrected chi connectivity index (χ0v) is 14.0. The molecule has 3 rings (SSSR count). The van der Waals surface area contributed by atoms with Gasteiger partial charge in [0, 0.05) is 6.07 Å². The second-order valence-corrected chi connectivity index (χ2v) is 6.39. The van der Waals surface area contributed by atoms with Gasteiger partial charge in [-0.05, 0) is 42.5 Å². The normalized spacial score (nSPS) is 16.5. The highest BCUT2D eigenvalue weighted by Gasteiger charge is 2.21. The molecule has 1 aliphatic carbocycles. The molecule has 0 heterocycles. The fourth-order valence-corrected chi connectivity index (χ4v) is 3.14. The van der Waals surface area contributed by atoms with Crippen molar-refractivity contribution in [2.75, 3.05) is 6.61 Å². The smallest absolute Gasteiger partial charge is 0.258 e. The van der Waals surface area contributed by atoms with Crippen LogP contribution in [0.3, 0.4) is 0 Å². The summed E-state index contributed by atoms with van der Waals surface area (Å²) in [6.07, 6.45) is 3.10. The van der Waals surface area contributed by atoms with Crippen LogP contribution in [0.15, 0.2) is 42.5 Å². The van der Waals surface area contributed by atoms with Crippen LogP contribution in [0.4, 0.5) is 0 Å². The highest BCUT2D eigenvalue weighted by Crippen LogP contribution is 2.29. The molecule has 2 aromatic carbocycles. The van der Waals surface area contributed by atoms with Gasteiger partial charge >= 0.3 is 0 Å². The summed E-state index contributed by atoms with van der Waals surface area (Å²) in [4.78, 5) is 12.2. The molecule has 1 amide bonds. The van der Waals surface area contributed by atoms with Gasteiger partial charge in [-0.25, -0.2) is 0 Å². The Balaban J connectivity index is 1.59. The van der Waals surface area contributed by atoms with Gasteiger partial charge in [-0.15, -0.1) is 0 Å². The summed E-state index contributed by atoms with van der Waals surface area (Å²) in [6.45, 7) is -0.0450. The predicted molar refractivity (Wildman–Crippen MR) is 92.2 cm³/mol. The van der Waals surface area contributed by atoms with E-state index in [0.717, 1.165) is 19.3 Å². The number of fused-ring (bicyclic) bond motifs is 1. The van der Waals surface area contributed by atoms with Crippen molar-refractivity contribution in [1.82, 2.24) is 5.32 Å². The third kappa shape index (κ3) is 3.98. The highest BCUT2D eigenvalue weighted by atomic mass is 35.5. The van der Waals surface area contributed by atoms with E-state index in [9.17, 15) is 4.79 Å². The molecule has 0 unspecified atom stereocenters. The second-order valence-electron chi connectivity index (χ2n) is 5.58. The number of halogens is 2. The van der Waals surface area contributed by atoms with Crippen LogP contribution in [0.1, 0.15) is 30.0 Å². The Labute approximate surface area is 145 Å². The summed E-state index contributed by atoms with van der Waals surface area (Å²) in [5.41, 5.74) is 2.52. The molecule has 2 aromatic rings. The first-order chi connectivity index (χ1) is 11.1. The Hall–Kier alpha value is -1.71. The van der Waals surface area contributed by atoms with Gasteiger partial charge in [0.15, 0.2) is 6.61 Å². The fraction of sp³-hybridized carbons (Fsp3) is 0.278. The number of hydrogen-bond donors (Lipinski definition) is 1. The zero-order chi connectivity index (χ0) is 16.2. The molecule has 0 aliphatic heterocycles. The van der Waals surface area contributed by atoms with E-state index >= 15 is 0 Å². The molecule has 0 spiro atoms. The molecular weight excluding hydrogens is 333 g/mol. The number of nitrogens with one attached hydrogen (secondary N) is 1. The van der Waals surface area contributed by atoms with Crippen LogP contribution in [-0.4, -0.2) is 12.5 Å². The largest absolute Gasteiger partial charge is 0.484 e. The van der Waals surface area contributed by atoms with E-state index in [-0.39, 0.29) is 18.6 Å². The van der Waals surface area contributed by atoms with Crippen LogP contribution in [0.5, 0.6) is 5.75 Å². The molecule has 1 N–H and O–H groups in total. The Morgan fingerprint density at radius 3 is 2.83 bits per heavy atom. The van der Waals surface area contributed by atoms with E-state index in [1.54, 1.807) is 18.2 Å². The van der Waals surface area contributed by atoms with E-state index < -0.39 is 0 Å². The van der Waals surface area contributed by atoms with Crippen molar-refractivity contribution in [3.05, 3.63) is 63.6 Å². The first-order valence-corrected chi connectivity index (χ1v) is 8.34. The van der Waals surface area contributed by atoms with Crippen LogP contribution >= 0.6 is 23.2 Å². The van der Waals surface area contributed by atoms with Gasteiger partial charge < -0.3 is 10.1 Å². The predicted octanol–water partition coefficient (Wildman–Crippen LogP) is 4.57. The Morgan fingerprint density at radius 1 is 1.17 bits per heavy atom. The summed E-state index contributed by atoms with van der Waals surface area (Å²) < 4.78 is 5.48. The summed E-state index contributed by atoms with van der Waals surface area (Å²) in [6, 6.07) is 13.3. The van der Waals surface area contributed by atoms with Gasteiger partial charge in [-0.1, -0.05) is 47.5 Å². The van der Waals surface area contributed by atoms with Gasteiger partial charge in [0.25, 0.3) is 5.91 Å². The number of aryl methyl sites for hydroxylation is 1. The third-order valence-electron chi connectivity index (χ3n) is 3.97. The Bertz CT molecular complexity index is 718. The molecule has 0 fully saturated rings. The molecule has 120 valence electrons. The van der Waals surface area contributed by atoms with Crippen molar-refractivity contribution in [2.45, 2.75) is 25.3 Å². The van der Waals surface area contributed by atoms with E-state index in [4.69, 9.17) is 27.9 Å². The molecule has 1 aliphatic rings. The number of rotatable bonds is 4. The van der Waals surface area contributed by atoms with Crippen molar-refractivity contribution in [2.24, 2.45) is 0 Å². The highest BCUT2D eigenvalue weighted by molar-refractivity contribution is 6.42. The minimum absolute atomic E-state index is 0.0450. The summed E-state index contributed by atoms with van der Waals surface area (Å²) >= 11 is 11.8. The Kier molecular flexibility index (Phi) is 5.09. The van der Waals surface area contributed by atoms with Crippen LogP contribution < -0.4 is 10.1 Å². The summed E-state index contributed by atoms with van der Waals surface area (Å²) in [5.74, 6) is 0.386. The van der Waals surface area contributed by atoms with Crippen LogP contribution in [0, 0.1) is 0 Å². The van der Waals surface area contributed by atoms with Crippen LogP contribution in [-0.2, 0) is 11.2 Å². The van der Waals surface area contributed by atoms with Gasteiger partial charge in [-0.3, -0.25) is 4.79 Å². The maximum Gasteiger partial charge on any atom is 0.258 e. The van der Waals surface area contributed by atoms with E-state index in [0.29, 0.717) is 15.8 Å². The Morgan fingerprint density at radius 2 is 2.00 bits per heavy atom. The standard InChI is InChI=1S/C18H17Cl2NO2/c19-15-9-8-13(10-16(15)20)23-11-18(22)21-17-7-3-5-12-4-1-2-6-14(12)17/h1-2,4,6,8-10,17H,3,5,7,11H2,(H,21,22)/t17-/m0/s1. The molecule has 0 bridgehead atoms. The molecule has 23 heavy (non-hydrogen) atoms. The molecule has 3 nitrogen and oxygen atoms in total. The van der Waals surface area contributed by atoms with Crippen molar-refractivity contribution in [1.29, 1.82) is 0 Å². The number of benzene rings is 2. The molecule has 0 saturated heterocycles. The molecule has 0 aromatic heterocycles. The second kappa shape index (κ2) is 7.24. The average molecular weight is 350 g/mol. The zero-order valence-electron chi connectivity index (χ0n) is 12.5. The quantitative estimate of drug-likeness (QED) is 0.878. The molecule has 0 radical (unpaired) electrons. The lowest BCUT2D eigenvalue weighted by Crippen LogP contribution is -2.34. The maximum absolute atomic E-state index is 12.2. The number of carbonyl (C=O) groups is 1. The topological polar surface area (TPSA) is 38.3 Å². The van der Waals surface area contributed by atoms with Crippen molar-refractivity contribution in [3.8, 4) is 5.75 Å². The summed E-state index contributed by atoms with van der Waals surface area (Å²) in [5, 5.41) is 3.92. The van der Waals surface area contributed by atoms with E-state index in [2.05, 4.69) is 17.4 Å². The third-order valence-corrected chi connectivity index (χ3v) is 4.70. The van der Waals surface area contributed by atoms with Crippen molar-refractivity contribution < 1.29 is 9.53 Å². The van der Waals surface area contributed by atoms with Crippen molar-refractivity contribution in [3.63, 3.8) is 0 Å². The molecule has 5 heteroatoms.